The van der Waals surface area contributed by atoms with E-state index in [4.69, 9.17) is 0 Å². The lowest BCUT2D eigenvalue weighted by Crippen LogP contribution is -2.40. The monoisotopic (exact) mass is 244 g/mol. The number of nitrogens with one attached hydrogen (secondary N) is 1. The molecule has 3 rings (SSSR count). The van der Waals surface area contributed by atoms with Gasteiger partial charge in [-0.25, -0.2) is 0 Å². The molecular formula is C16H24N2. The van der Waals surface area contributed by atoms with E-state index >= 15 is 0 Å². The second-order valence-corrected chi connectivity index (χ2v) is 5.88. The average molecular weight is 244 g/mol. The maximum atomic E-state index is 3.56. The van der Waals surface area contributed by atoms with Crippen molar-refractivity contribution in [3.05, 3.63) is 35.9 Å². The van der Waals surface area contributed by atoms with E-state index in [0.29, 0.717) is 0 Å². The topological polar surface area (TPSA) is 15.3 Å². The van der Waals surface area contributed by atoms with Crippen LogP contribution >= 0.6 is 0 Å². The zero-order valence-corrected chi connectivity index (χ0v) is 11.1. The van der Waals surface area contributed by atoms with Gasteiger partial charge in [-0.05, 0) is 56.3 Å². The van der Waals surface area contributed by atoms with Crippen molar-refractivity contribution < 1.29 is 0 Å². The third-order valence-electron chi connectivity index (χ3n) is 4.56. The fraction of sp³-hybridized carbons (Fsp3) is 0.625. The molecule has 2 fully saturated rings. The first-order chi connectivity index (χ1) is 8.92. The third kappa shape index (κ3) is 2.93. The van der Waals surface area contributed by atoms with Crippen LogP contribution in [0.2, 0.25) is 0 Å². The highest BCUT2D eigenvalue weighted by Crippen LogP contribution is 2.28. The lowest BCUT2D eigenvalue weighted by Gasteiger charge is -2.32. The molecule has 2 nitrogen and oxygen atoms in total. The Hall–Kier alpha value is -0.860. The van der Waals surface area contributed by atoms with Gasteiger partial charge in [0, 0.05) is 13.1 Å². The highest BCUT2D eigenvalue weighted by Gasteiger charge is 2.28. The maximum absolute atomic E-state index is 3.56. The molecule has 1 aromatic carbocycles. The fourth-order valence-electron chi connectivity index (χ4n) is 3.54. The maximum Gasteiger partial charge on any atom is 0.0233 e. The van der Waals surface area contributed by atoms with Crippen LogP contribution in [0.1, 0.15) is 24.8 Å². The molecule has 2 aliphatic rings. The summed E-state index contributed by atoms with van der Waals surface area (Å²) in [4.78, 5) is 2.67. The van der Waals surface area contributed by atoms with Gasteiger partial charge in [-0.15, -0.1) is 0 Å². The molecule has 2 atom stereocenters. The standard InChI is InChI=1S/C16H24N2/c1-2-5-14(6-3-1)12-18-10-4-7-15-11-17-9-8-16(15)13-18/h1-3,5-6,15-17H,4,7-13H2. The van der Waals surface area contributed by atoms with Gasteiger partial charge in [0.05, 0.1) is 0 Å². The predicted octanol–water partition coefficient (Wildman–Crippen LogP) is 2.51. The van der Waals surface area contributed by atoms with Crippen LogP contribution < -0.4 is 5.32 Å². The number of hydrogen-bond acceptors (Lipinski definition) is 2. The zero-order chi connectivity index (χ0) is 12.2. The number of likely N-dealkylation sites (tertiary alicyclic amines) is 1. The summed E-state index contributed by atoms with van der Waals surface area (Å²) >= 11 is 0. The Morgan fingerprint density at radius 3 is 2.89 bits per heavy atom. The molecule has 0 amide bonds. The Morgan fingerprint density at radius 2 is 2.00 bits per heavy atom. The Morgan fingerprint density at radius 1 is 1.11 bits per heavy atom. The number of rotatable bonds is 2. The molecule has 0 saturated carbocycles. The van der Waals surface area contributed by atoms with Gasteiger partial charge in [0.2, 0.25) is 0 Å². The molecule has 2 heteroatoms. The summed E-state index contributed by atoms with van der Waals surface area (Å²) in [7, 11) is 0. The number of benzene rings is 1. The number of hydrogen-bond donors (Lipinski definition) is 1. The Labute approximate surface area is 110 Å². The van der Waals surface area contributed by atoms with E-state index in [1.807, 2.05) is 0 Å². The summed E-state index contributed by atoms with van der Waals surface area (Å²) in [6, 6.07) is 10.9. The van der Waals surface area contributed by atoms with Crippen molar-refractivity contribution in [1.82, 2.24) is 10.2 Å². The summed E-state index contributed by atoms with van der Waals surface area (Å²) in [5.41, 5.74) is 1.46. The lowest BCUT2D eigenvalue weighted by atomic mass is 9.84. The Balaban J connectivity index is 1.63. The first-order valence-electron chi connectivity index (χ1n) is 7.39. The van der Waals surface area contributed by atoms with Gasteiger partial charge < -0.3 is 5.32 Å². The number of fused-ring (bicyclic) bond motifs is 1. The van der Waals surface area contributed by atoms with E-state index in [1.54, 1.807) is 0 Å². The first-order valence-corrected chi connectivity index (χ1v) is 7.39. The van der Waals surface area contributed by atoms with Crippen molar-refractivity contribution in [3.63, 3.8) is 0 Å². The van der Waals surface area contributed by atoms with E-state index in [0.717, 1.165) is 18.4 Å². The van der Waals surface area contributed by atoms with E-state index < -0.39 is 0 Å². The summed E-state index contributed by atoms with van der Waals surface area (Å²) in [5.74, 6) is 1.86. The van der Waals surface area contributed by atoms with Crippen molar-refractivity contribution in [2.45, 2.75) is 25.8 Å². The van der Waals surface area contributed by atoms with Crippen molar-refractivity contribution in [1.29, 1.82) is 0 Å². The molecule has 0 aliphatic carbocycles. The van der Waals surface area contributed by atoms with Crippen LogP contribution in [0, 0.1) is 11.8 Å². The highest BCUT2D eigenvalue weighted by molar-refractivity contribution is 5.14. The van der Waals surface area contributed by atoms with Crippen LogP contribution in [0.3, 0.4) is 0 Å². The van der Waals surface area contributed by atoms with Crippen molar-refractivity contribution in [2.24, 2.45) is 11.8 Å². The molecule has 2 heterocycles. The third-order valence-corrected chi connectivity index (χ3v) is 4.56. The van der Waals surface area contributed by atoms with Crippen LogP contribution in [-0.2, 0) is 6.54 Å². The second kappa shape index (κ2) is 5.85. The molecule has 98 valence electrons. The van der Waals surface area contributed by atoms with Crippen LogP contribution in [-0.4, -0.2) is 31.1 Å². The Kier molecular flexibility index (Phi) is 3.96. The normalized spacial score (nSPS) is 29.6. The summed E-state index contributed by atoms with van der Waals surface area (Å²) in [6.45, 7) is 6.20. The molecule has 0 bridgehead atoms. The minimum Gasteiger partial charge on any atom is -0.316 e. The first kappa shape index (κ1) is 12.2. The fourth-order valence-corrected chi connectivity index (χ4v) is 3.54. The number of piperidine rings is 1. The molecule has 0 radical (unpaired) electrons. The Bertz CT molecular complexity index is 363. The second-order valence-electron chi connectivity index (χ2n) is 5.88. The largest absolute Gasteiger partial charge is 0.316 e. The quantitative estimate of drug-likeness (QED) is 0.860. The highest BCUT2D eigenvalue weighted by atomic mass is 15.1. The van der Waals surface area contributed by atoms with Gasteiger partial charge >= 0.3 is 0 Å². The van der Waals surface area contributed by atoms with Gasteiger partial charge in [0.25, 0.3) is 0 Å². The lowest BCUT2D eigenvalue weighted by molar-refractivity contribution is 0.186. The van der Waals surface area contributed by atoms with E-state index in [2.05, 4.69) is 40.5 Å². The van der Waals surface area contributed by atoms with Crippen LogP contribution in [0.15, 0.2) is 30.3 Å². The molecule has 1 aromatic rings. The smallest absolute Gasteiger partial charge is 0.0233 e. The van der Waals surface area contributed by atoms with Crippen molar-refractivity contribution in [2.75, 3.05) is 26.2 Å². The summed E-state index contributed by atoms with van der Waals surface area (Å²) in [6.07, 6.45) is 4.16. The van der Waals surface area contributed by atoms with Gasteiger partial charge in [0.1, 0.15) is 0 Å². The molecular weight excluding hydrogens is 220 g/mol. The van der Waals surface area contributed by atoms with Gasteiger partial charge in [-0.1, -0.05) is 30.3 Å². The summed E-state index contributed by atoms with van der Waals surface area (Å²) < 4.78 is 0. The summed E-state index contributed by atoms with van der Waals surface area (Å²) in [5, 5.41) is 3.56. The number of nitrogens with zero attached hydrogens (tertiary/aromatic N) is 1. The average Bonchev–Trinajstić information content (AvgIpc) is 2.61. The van der Waals surface area contributed by atoms with Gasteiger partial charge in [-0.3, -0.25) is 4.90 Å². The van der Waals surface area contributed by atoms with Crippen molar-refractivity contribution in [3.8, 4) is 0 Å². The van der Waals surface area contributed by atoms with Gasteiger partial charge in [0.15, 0.2) is 0 Å². The van der Waals surface area contributed by atoms with E-state index in [1.165, 1.54) is 51.0 Å². The van der Waals surface area contributed by atoms with Crippen LogP contribution in [0.25, 0.3) is 0 Å². The molecule has 2 aliphatic heterocycles. The SMILES string of the molecule is c1ccc(CN2CCCC3CNCCC3C2)cc1. The molecule has 0 spiro atoms. The van der Waals surface area contributed by atoms with Crippen LogP contribution in [0.4, 0.5) is 0 Å². The van der Waals surface area contributed by atoms with Gasteiger partial charge in [-0.2, -0.15) is 0 Å². The molecule has 2 unspecified atom stereocenters. The minimum atomic E-state index is 0.928. The van der Waals surface area contributed by atoms with E-state index in [9.17, 15) is 0 Å². The van der Waals surface area contributed by atoms with E-state index in [-0.39, 0.29) is 0 Å². The molecule has 1 N–H and O–H groups in total. The zero-order valence-electron chi connectivity index (χ0n) is 11.1. The van der Waals surface area contributed by atoms with Crippen LogP contribution in [0.5, 0.6) is 0 Å². The molecule has 0 aromatic heterocycles. The molecule has 2 saturated heterocycles. The predicted molar refractivity (Wildman–Crippen MR) is 75.4 cm³/mol. The van der Waals surface area contributed by atoms with Crippen molar-refractivity contribution >= 4 is 0 Å². The minimum absolute atomic E-state index is 0.928. The molecule has 18 heavy (non-hydrogen) atoms.